The molecule has 1 aliphatic heterocycles. The van der Waals surface area contributed by atoms with Crippen molar-refractivity contribution < 1.29 is 18.8 Å². The zero-order valence-corrected chi connectivity index (χ0v) is 24.3. The second kappa shape index (κ2) is 11.6. The fraction of sp³-hybridized carbons (Fsp3) is 0.500. The number of primary amides is 1. The molecule has 3 amide bonds. The first-order chi connectivity index (χ1) is 20.2. The number of rotatable bonds is 7. The standard InChI is InChI=1S/C28H31Cl2FN8O3/c29-15-11-19(30)24(20(31)12-15)36-28-35-21-13-33-27(37-26(21)39(28)18-5-1-14(2-6-18)25(32)42)34-16-3-7-17(8-4-16)38-22(40)9-10-23(38)41/h11-14,16-18H,1-10H2,(H2,32,42)(H,35,36)(H,33,34,37). The average molecular weight is 618 g/mol. The molecule has 11 nitrogen and oxygen atoms in total. The second-order valence-electron chi connectivity index (χ2n) is 11.3. The van der Waals surface area contributed by atoms with Crippen LogP contribution in [0.1, 0.15) is 70.3 Å². The Morgan fingerprint density at radius 1 is 0.952 bits per heavy atom. The average Bonchev–Trinajstić information content (AvgIpc) is 3.49. The number of hydrogen-bond donors (Lipinski definition) is 3. The summed E-state index contributed by atoms with van der Waals surface area (Å²) in [4.78, 5) is 51.6. The summed E-state index contributed by atoms with van der Waals surface area (Å²) in [7, 11) is 0. The molecule has 0 bridgehead atoms. The first-order valence-corrected chi connectivity index (χ1v) is 15.0. The van der Waals surface area contributed by atoms with Gasteiger partial charge in [0.05, 0.1) is 16.9 Å². The van der Waals surface area contributed by atoms with Crippen LogP contribution in [0, 0.1) is 11.7 Å². The van der Waals surface area contributed by atoms with Crippen LogP contribution in [0.4, 0.5) is 22.0 Å². The summed E-state index contributed by atoms with van der Waals surface area (Å²) in [5.41, 5.74) is 6.68. The smallest absolute Gasteiger partial charge is 0.229 e. The highest BCUT2D eigenvalue weighted by molar-refractivity contribution is 6.36. The van der Waals surface area contributed by atoms with Crippen molar-refractivity contribution in [1.82, 2.24) is 24.4 Å². The zero-order valence-electron chi connectivity index (χ0n) is 22.8. The molecule has 14 heteroatoms. The molecule has 0 atom stereocenters. The predicted octanol–water partition coefficient (Wildman–Crippen LogP) is 5.10. The number of imide groups is 1. The van der Waals surface area contributed by atoms with Gasteiger partial charge in [-0.05, 0) is 63.5 Å². The van der Waals surface area contributed by atoms with Crippen LogP contribution in [-0.4, -0.2) is 54.2 Å². The lowest BCUT2D eigenvalue weighted by molar-refractivity contribution is -0.141. The predicted molar refractivity (Wildman–Crippen MR) is 156 cm³/mol. The number of halogens is 3. The number of anilines is 3. The normalized spacial score (nSPS) is 24.8. The molecule has 0 unspecified atom stereocenters. The molecule has 0 spiro atoms. The maximum absolute atomic E-state index is 14.9. The van der Waals surface area contributed by atoms with Gasteiger partial charge in [0.1, 0.15) is 11.3 Å². The number of carbonyl (C=O) groups is 3. The Kier molecular flexibility index (Phi) is 7.93. The highest BCUT2D eigenvalue weighted by Gasteiger charge is 2.37. The Bertz CT molecular complexity index is 1510. The number of nitrogens with one attached hydrogen (secondary N) is 2. The van der Waals surface area contributed by atoms with Crippen LogP contribution >= 0.6 is 23.2 Å². The van der Waals surface area contributed by atoms with Crippen LogP contribution in [0.5, 0.6) is 0 Å². The Balaban J connectivity index is 1.26. The van der Waals surface area contributed by atoms with Gasteiger partial charge in [-0.2, -0.15) is 4.98 Å². The molecule has 0 radical (unpaired) electrons. The first kappa shape index (κ1) is 28.6. The van der Waals surface area contributed by atoms with E-state index < -0.39 is 5.82 Å². The minimum atomic E-state index is -0.620. The van der Waals surface area contributed by atoms with E-state index >= 15 is 0 Å². The van der Waals surface area contributed by atoms with E-state index in [1.165, 1.54) is 17.0 Å². The first-order valence-electron chi connectivity index (χ1n) is 14.2. The van der Waals surface area contributed by atoms with Crippen molar-refractivity contribution >= 4 is 69.7 Å². The molecule has 3 aliphatic rings. The molecule has 2 saturated carbocycles. The van der Waals surface area contributed by atoms with Crippen molar-refractivity contribution in [2.45, 2.75) is 82.3 Å². The van der Waals surface area contributed by atoms with Gasteiger partial charge < -0.3 is 16.4 Å². The van der Waals surface area contributed by atoms with Crippen LogP contribution in [0.2, 0.25) is 10.0 Å². The third-order valence-electron chi connectivity index (χ3n) is 8.63. The van der Waals surface area contributed by atoms with Crippen molar-refractivity contribution in [3.63, 3.8) is 0 Å². The zero-order chi connectivity index (χ0) is 29.5. The quantitative estimate of drug-likeness (QED) is 0.310. The number of likely N-dealkylation sites (tertiary alicyclic amines) is 1. The van der Waals surface area contributed by atoms with Crippen LogP contribution in [-0.2, 0) is 14.4 Å². The molecule has 2 aliphatic carbocycles. The molecule has 2 aromatic heterocycles. The number of amides is 3. The lowest BCUT2D eigenvalue weighted by Gasteiger charge is -2.33. The Hall–Kier alpha value is -3.51. The summed E-state index contributed by atoms with van der Waals surface area (Å²) in [6.45, 7) is 0. The molecule has 1 saturated heterocycles. The number of benzene rings is 1. The number of imidazole rings is 1. The second-order valence-corrected chi connectivity index (χ2v) is 12.1. The molecular formula is C28H31Cl2FN8O3. The minimum Gasteiger partial charge on any atom is -0.369 e. The Labute approximate surface area is 251 Å². The summed E-state index contributed by atoms with van der Waals surface area (Å²) < 4.78 is 16.8. The summed E-state index contributed by atoms with van der Waals surface area (Å²) in [5, 5.41) is 6.74. The molecule has 6 rings (SSSR count). The third-order valence-corrected chi connectivity index (χ3v) is 9.14. The number of hydrogen-bond acceptors (Lipinski definition) is 8. The SMILES string of the molecule is NC(=O)C1CCC(n2c(Nc3c(F)cc(Cl)cc3Cl)nc3cnc(NC4CCC(N5C(=O)CCC5=O)CC4)nc32)CC1. The number of nitrogens with zero attached hydrogens (tertiary/aromatic N) is 5. The molecule has 3 aromatic rings. The van der Waals surface area contributed by atoms with Gasteiger partial charge in [-0.15, -0.1) is 0 Å². The molecule has 3 fully saturated rings. The third kappa shape index (κ3) is 5.61. The van der Waals surface area contributed by atoms with E-state index in [0.717, 1.165) is 25.7 Å². The van der Waals surface area contributed by atoms with Crippen LogP contribution in [0.3, 0.4) is 0 Å². The van der Waals surface area contributed by atoms with Crippen molar-refractivity contribution in [1.29, 1.82) is 0 Å². The molecule has 1 aromatic carbocycles. The Morgan fingerprint density at radius 2 is 1.62 bits per heavy atom. The van der Waals surface area contributed by atoms with Crippen molar-refractivity contribution in [2.24, 2.45) is 11.7 Å². The van der Waals surface area contributed by atoms with E-state index in [2.05, 4.69) is 20.6 Å². The highest BCUT2D eigenvalue weighted by Crippen LogP contribution is 2.39. The lowest BCUT2D eigenvalue weighted by Crippen LogP contribution is -2.43. The highest BCUT2D eigenvalue weighted by atomic mass is 35.5. The van der Waals surface area contributed by atoms with E-state index in [4.69, 9.17) is 33.9 Å². The maximum atomic E-state index is 14.9. The summed E-state index contributed by atoms with van der Waals surface area (Å²) in [5.74, 6) is -0.496. The van der Waals surface area contributed by atoms with Gasteiger partial charge in [0, 0.05) is 41.9 Å². The number of aromatic nitrogens is 4. The summed E-state index contributed by atoms with van der Waals surface area (Å²) >= 11 is 12.3. The van der Waals surface area contributed by atoms with Gasteiger partial charge in [-0.25, -0.2) is 14.4 Å². The molecule has 222 valence electrons. The topological polar surface area (TPSA) is 148 Å². The summed E-state index contributed by atoms with van der Waals surface area (Å²) in [6.07, 6.45) is 7.76. The van der Waals surface area contributed by atoms with Gasteiger partial charge in [0.2, 0.25) is 29.6 Å². The largest absolute Gasteiger partial charge is 0.369 e. The Morgan fingerprint density at radius 3 is 2.26 bits per heavy atom. The van der Waals surface area contributed by atoms with Crippen LogP contribution in [0.15, 0.2) is 18.3 Å². The van der Waals surface area contributed by atoms with Gasteiger partial charge in [-0.1, -0.05) is 23.2 Å². The maximum Gasteiger partial charge on any atom is 0.229 e. The van der Waals surface area contributed by atoms with Gasteiger partial charge in [0.15, 0.2) is 5.65 Å². The number of carbonyl (C=O) groups excluding carboxylic acids is 3. The van der Waals surface area contributed by atoms with E-state index in [1.807, 2.05) is 4.57 Å². The fourth-order valence-electron chi connectivity index (χ4n) is 6.45. The molecule has 4 N–H and O–H groups in total. The van der Waals surface area contributed by atoms with Crippen molar-refractivity contribution in [3.05, 3.63) is 34.2 Å². The monoisotopic (exact) mass is 616 g/mol. The minimum absolute atomic E-state index is 0.0430. The summed E-state index contributed by atoms with van der Waals surface area (Å²) in [6, 6.07) is 2.57. The van der Waals surface area contributed by atoms with E-state index in [1.54, 1.807) is 6.20 Å². The van der Waals surface area contributed by atoms with E-state index in [0.29, 0.717) is 61.6 Å². The lowest BCUT2D eigenvalue weighted by atomic mass is 9.85. The number of nitrogens with two attached hydrogens (primary N) is 1. The van der Waals surface area contributed by atoms with Gasteiger partial charge >= 0.3 is 0 Å². The van der Waals surface area contributed by atoms with Crippen LogP contribution < -0.4 is 16.4 Å². The molecule has 42 heavy (non-hydrogen) atoms. The van der Waals surface area contributed by atoms with Crippen molar-refractivity contribution in [3.8, 4) is 0 Å². The van der Waals surface area contributed by atoms with Crippen molar-refractivity contribution in [2.75, 3.05) is 10.6 Å². The number of fused-ring (bicyclic) bond motifs is 1. The fourth-order valence-corrected chi connectivity index (χ4v) is 6.96. The van der Waals surface area contributed by atoms with Gasteiger partial charge in [-0.3, -0.25) is 23.9 Å². The van der Waals surface area contributed by atoms with Crippen LogP contribution in [0.25, 0.3) is 11.2 Å². The molecular weight excluding hydrogens is 586 g/mol. The van der Waals surface area contributed by atoms with E-state index in [-0.39, 0.29) is 57.5 Å². The molecule has 3 heterocycles. The van der Waals surface area contributed by atoms with E-state index in [9.17, 15) is 18.8 Å². The van der Waals surface area contributed by atoms with Gasteiger partial charge in [0.25, 0.3) is 0 Å².